The van der Waals surface area contributed by atoms with Crippen LogP contribution < -0.4 is 10.6 Å². The van der Waals surface area contributed by atoms with E-state index in [0.717, 1.165) is 23.5 Å². The van der Waals surface area contributed by atoms with Crippen molar-refractivity contribution in [1.82, 2.24) is 14.5 Å². The topological polar surface area (TPSA) is 134 Å². The summed E-state index contributed by atoms with van der Waals surface area (Å²) in [5.41, 5.74) is 1.29. The van der Waals surface area contributed by atoms with Crippen LogP contribution in [0.1, 0.15) is 45.0 Å². The summed E-state index contributed by atoms with van der Waals surface area (Å²) in [6.07, 6.45) is -0.248. The van der Waals surface area contributed by atoms with Gasteiger partial charge >= 0.3 is 6.09 Å². The highest BCUT2D eigenvalue weighted by Crippen LogP contribution is 2.37. The molecule has 3 amide bonds. The number of likely N-dealkylation sites (N-methyl/N-ethyl adjacent to an activating group) is 1. The van der Waals surface area contributed by atoms with Crippen molar-refractivity contribution in [2.45, 2.75) is 31.7 Å². The molecule has 4 rings (SSSR count). The van der Waals surface area contributed by atoms with Gasteiger partial charge in [0.1, 0.15) is 5.00 Å². The van der Waals surface area contributed by atoms with Crippen molar-refractivity contribution in [3.05, 3.63) is 45.8 Å². The quantitative estimate of drug-likeness (QED) is 0.536. The van der Waals surface area contributed by atoms with Gasteiger partial charge in [-0.25, -0.2) is 13.2 Å². The van der Waals surface area contributed by atoms with Gasteiger partial charge in [-0.2, -0.15) is 4.31 Å². The summed E-state index contributed by atoms with van der Waals surface area (Å²) in [5, 5.41) is 5.36. The number of ether oxygens (including phenoxy) is 2. The number of amides is 3. The van der Waals surface area contributed by atoms with Gasteiger partial charge in [0.05, 0.1) is 30.3 Å². The van der Waals surface area contributed by atoms with Crippen molar-refractivity contribution in [2.75, 3.05) is 51.3 Å². The Kier molecular flexibility index (Phi) is 8.60. The molecule has 0 spiro atoms. The Morgan fingerprint density at radius 1 is 1.05 bits per heavy atom. The Morgan fingerprint density at radius 3 is 2.41 bits per heavy atom. The first-order valence-electron chi connectivity index (χ1n) is 12.1. The molecule has 1 aromatic heterocycles. The van der Waals surface area contributed by atoms with Gasteiger partial charge in [-0.15, -0.1) is 11.3 Å². The molecule has 2 aliphatic rings. The van der Waals surface area contributed by atoms with Crippen molar-refractivity contribution < 1.29 is 32.3 Å². The van der Waals surface area contributed by atoms with Crippen molar-refractivity contribution in [3.63, 3.8) is 0 Å². The maximum atomic E-state index is 13.1. The molecule has 2 N–H and O–H groups in total. The van der Waals surface area contributed by atoms with Crippen LogP contribution in [0.3, 0.4) is 0 Å². The largest absolute Gasteiger partial charge is 0.450 e. The fourth-order valence-electron chi connectivity index (χ4n) is 4.27. The van der Waals surface area contributed by atoms with E-state index in [4.69, 9.17) is 9.47 Å². The molecular formula is C24H30N4O7S2. The summed E-state index contributed by atoms with van der Waals surface area (Å²) in [6.45, 7) is 7.29. The summed E-state index contributed by atoms with van der Waals surface area (Å²) in [6, 6.07) is 5.67. The van der Waals surface area contributed by atoms with Crippen LogP contribution in [0.5, 0.6) is 0 Å². The fraction of sp³-hybridized carbons (Fsp3) is 0.458. The van der Waals surface area contributed by atoms with E-state index in [1.54, 1.807) is 6.92 Å². The summed E-state index contributed by atoms with van der Waals surface area (Å²) in [5.74, 6) is -1.13. The highest BCUT2D eigenvalue weighted by Gasteiger charge is 2.30. The lowest BCUT2D eigenvalue weighted by molar-refractivity contribution is 0.0730. The number of hydrogen-bond donors (Lipinski definition) is 2. The Labute approximate surface area is 219 Å². The van der Waals surface area contributed by atoms with Gasteiger partial charge in [0.15, 0.2) is 0 Å². The molecule has 1 saturated heterocycles. The number of anilines is 1. The molecule has 0 radical (unpaired) electrons. The highest BCUT2D eigenvalue weighted by molar-refractivity contribution is 7.89. The van der Waals surface area contributed by atoms with Crippen molar-refractivity contribution in [2.24, 2.45) is 0 Å². The maximum Gasteiger partial charge on any atom is 0.414 e. The molecule has 3 heterocycles. The molecule has 0 saturated carbocycles. The zero-order valence-electron chi connectivity index (χ0n) is 20.7. The number of morpholine rings is 1. The van der Waals surface area contributed by atoms with Crippen LogP contribution in [-0.2, 0) is 32.5 Å². The average molecular weight is 551 g/mol. The van der Waals surface area contributed by atoms with Gasteiger partial charge in [0.2, 0.25) is 10.0 Å². The monoisotopic (exact) mass is 550 g/mol. The zero-order valence-corrected chi connectivity index (χ0v) is 22.4. The van der Waals surface area contributed by atoms with Gasteiger partial charge in [-0.05, 0) is 49.7 Å². The lowest BCUT2D eigenvalue weighted by atomic mass is 10.0. The minimum atomic E-state index is -3.69. The molecule has 37 heavy (non-hydrogen) atoms. The van der Waals surface area contributed by atoms with Gasteiger partial charge in [-0.3, -0.25) is 19.8 Å². The fourth-order valence-corrected chi connectivity index (χ4v) is 6.96. The second-order valence-corrected chi connectivity index (χ2v) is 11.5. The minimum Gasteiger partial charge on any atom is -0.450 e. The van der Waals surface area contributed by atoms with E-state index in [-0.39, 0.29) is 35.7 Å². The molecule has 2 aliphatic heterocycles. The van der Waals surface area contributed by atoms with Crippen LogP contribution in [0.25, 0.3) is 0 Å². The number of hydrogen-bond acceptors (Lipinski definition) is 9. The predicted molar refractivity (Wildman–Crippen MR) is 137 cm³/mol. The highest BCUT2D eigenvalue weighted by atomic mass is 32.2. The summed E-state index contributed by atoms with van der Waals surface area (Å²) >= 11 is 1.30. The lowest BCUT2D eigenvalue weighted by Gasteiger charge is -2.26. The second kappa shape index (κ2) is 11.7. The summed E-state index contributed by atoms with van der Waals surface area (Å²) in [4.78, 5) is 41.3. The number of carbonyl (C=O) groups excluding carboxylic acids is 3. The first-order chi connectivity index (χ1) is 17.7. The molecule has 1 aromatic carbocycles. The third-order valence-corrected chi connectivity index (χ3v) is 9.30. The van der Waals surface area contributed by atoms with Crippen molar-refractivity contribution in [3.8, 4) is 0 Å². The van der Waals surface area contributed by atoms with Crippen molar-refractivity contribution >= 4 is 44.3 Å². The van der Waals surface area contributed by atoms with E-state index in [2.05, 4.69) is 22.5 Å². The van der Waals surface area contributed by atoms with E-state index in [1.165, 1.54) is 39.9 Å². The number of benzene rings is 1. The molecule has 1 fully saturated rings. The molecule has 0 unspecified atom stereocenters. The SMILES string of the molecule is CCOC(=O)NC(=O)c1c(NC(=O)c2ccc(S(=O)(=O)N3CCOCC3)cc2)sc2c1CCN(CC)C2. The van der Waals surface area contributed by atoms with Crippen LogP contribution in [-0.4, -0.2) is 81.5 Å². The Balaban J connectivity index is 1.56. The number of thiophene rings is 1. The van der Waals surface area contributed by atoms with Crippen LogP contribution >= 0.6 is 11.3 Å². The van der Waals surface area contributed by atoms with E-state index in [9.17, 15) is 22.8 Å². The van der Waals surface area contributed by atoms with Gasteiger partial charge in [0.25, 0.3) is 11.8 Å². The minimum absolute atomic E-state index is 0.0895. The average Bonchev–Trinajstić information content (AvgIpc) is 3.26. The van der Waals surface area contributed by atoms with Gasteiger partial charge in [0, 0.05) is 36.6 Å². The summed E-state index contributed by atoms with van der Waals surface area (Å²) < 4.78 is 37.1. The predicted octanol–water partition coefficient (Wildman–Crippen LogP) is 2.29. The first kappa shape index (κ1) is 27.2. The number of alkyl carbamates (subject to hydrolysis) is 1. The molecule has 13 heteroatoms. The van der Waals surface area contributed by atoms with Crippen LogP contribution in [0.15, 0.2) is 29.2 Å². The molecule has 0 aliphatic carbocycles. The van der Waals surface area contributed by atoms with Crippen LogP contribution in [0.4, 0.5) is 9.80 Å². The lowest BCUT2D eigenvalue weighted by Crippen LogP contribution is -2.40. The van der Waals surface area contributed by atoms with E-state index in [0.29, 0.717) is 31.2 Å². The normalized spacial score (nSPS) is 16.6. The molecular weight excluding hydrogens is 520 g/mol. The van der Waals surface area contributed by atoms with E-state index < -0.39 is 27.9 Å². The number of rotatable bonds is 7. The molecule has 2 aromatic rings. The number of fused-ring (bicyclic) bond motifs is 1. The third-order valence-electron chi connectivity index (χ3n) is 6.25. The van der Waals surface area contributed by atoms with Gasteiger partial charge in [-0.1, -0.05) is 6.92 Å². The summed E-state index contributed by atoms with van der Waals surface area (Å²) in [7, 11) is -3.69. The number of nitrogens with one attached hydrogen (secondary N) is 2. The number of imide groups is 1. The first-order valence-corrected chi connectivity index (χ1v) is 14.3. The Hall–Kier alpha value is -2.84. The van der Waals surface area contributed by atoms with E-state index >= 15 is 0 Å². The standard InChI is InChI=1S/C24H30N4O7S2/c1-3-27-10-9-18-19(15-27)36-23(20(18)22(30)26-24(31)35-4-2)25-21(29)16-5-7-17(8-6-16)37(32,33)28-11-13-34-14-12-28/h5-8H,3-4,9-15H2,1-2H3,(H,25,29)(H,26,30,31). The second-order valence-electron chi connectivity index (χ2n) is 8.50. The zero-order chi connectivity index (χ0) is 26.6. The molecule has 0 bridgehead atoms. The number of carbonyl (C=O) groups is 3. The van der Waals surface area contributed by atoms with Crippen LogP contribution in [0.2, 0.25) is 0 Å². The number of sulfonamides is 1. The van der Waals surface area contributed by atoms with Crippen molar-refractivity contribution in [1.29, 1.82) is 0 Å². The molecule has 200 valence electrons. The smallest absolute Gasteiger partial charge is 0.414 e. The third kappa shape index (κ3) is 6.02. The molecule has 11 nitrogen and oxygen atoms in total. The Morgan fingerprint density at radius 2 is 1.76 bits per heavy atom. The van der Waals surface area contributed by atoms with Gasteiger partial charge < -0.3 is 14.8 Å². The maximum absolute atomic E-state index is 13.1. The number of nitrogens with zero attached hydrogens (tertiary/aromatic N) is 2. The van der Waals surface area contributed by atoms with E-state index in [1.807, 2.05) is 0 Å². The van der Waals surface area contributed by atoms with Crippen LogP contribution in [0, 0.1) is 0 Å². The molecule has 0 atom stereocenters. The Bertz CT molecular complexity index is 1270.